The molecule has 0 radical (unpaired) electrons. The van der Waals surface area contributed by atoms with E-state index in [1.165, 1.54) is 19.0 Å². The van der Waals surface area contributed by atoms with Crippen molar-refractivity contribution in [1.82, 2.24) is 5.01 Å². The van der Waals surface area contributed by atoms with Gasteiger partial charge >= 0.3 is 0 Å². The highest BCUT2D eigenvalue weighted by Gasteiger charge is 2.34. The Morgan fingerprint density at radius 2 is 1.96 bits per heavy atom. The number of phenolic OH excluding ortho intramolecular Hbond substituents is 1. The first kappa shape index (κ1) is 19.7. The third-order valence-corrected chi connectivity index (χ3v) is 4.97. The molecule has 8 nitrogen and oxygen atoms in total. The van der Waals surface area contributed by atoms with Gasteiger partial charge in [0, 0.05) is 24.5 Å². The van der Waals surface area contributed by atoms with E-state index in [0.717, 1.165) is 6.26 Å². The Bertz CT molecular complexity index is 1050. The van der Waals surface area contributed by atoms with Crippen molar-refractivity contribution >= 4 is 27.3 Å². The Kier molecular flexibility index (Phi) is 5.28. The Labute approximate surface area is 163 Å². The average Bonchev–Trinajstić information content (AvgIpc) is 3.06. The summed E-state index contributed by atoms with van der Waals surface area (Å²) in [6, 6.07) is 11.4. The zero-order chi connectivity index (χ0) is 20.5. The largest absolute Gasteiger partial charge is 0.504 e. The summed E-state index contributed by atoms with van der Waals surface area (Å²) >= 11 is 0. The molecule has 1 atom stereocenters. The first-order chi connectivity index (χ1) is 13.2. The first-order valence-electron chi connectivity index (χ1n) is 8.51. The van der Waals surface area contributed by atoms with Crippen LogP contribution < -0.4 is 9.46 Å². The summed E-state index contributed by atoms with van der Waals surface area (Å²) in [4.78, 5) is 12.2. The number of sulfonamides is 1. The molecular weight excluding hydrogens is 382 g/mol. The molecule has 2 N–H and O–H groups in total. The highest BCUT2D eigenvalue weighted by Crippen LogP contribution is 2.41. The third kappa shape index (κ3) is 3.94. The molecule has 0 aromatic heterocycles. The normalized spacial score (nSPS) is 16.6. The summed E-state index contributed by atoms with van der Waals surface area (Å²) in [6.07, 6.45) is 1.38. The quantitative estimate of drug-likeness (QED) is 0.797. The van der Waals surface area contributed by atoms with E-state index in [0.29, 0.717) is 34.7 Å². The van der Waals surface area contributed by atoms with E-state index in [4.69, 9.17) is 4.74 Å². The molecule has 0 unspecified atom stereocenters. The lowest BCUT2D eigenvalue weighted by molar-refractivity contribution is -0.130. The minimum absolute atomic E-state index is 0.0553. The van der Waals surface area contributed by atoms with Crippen LogP contribution in [0.1, 0.15) is 30.5 Å². The highest BCUT2D eigenvalue weighted by molar-refractivity contribution is 7.92. The van der Waals surface area contributed by atoms with E-state index >= 15 is 0 Å². The predicted octanol–water partition coefficient (Wildman–Crippen LogP) is 2.47. The number of carbonyl (C=O) groups is 1. The number of nitrogens with zero attached hydrogens (tertiary/aromatic N) is 2. The van der Waals surface area contributed by atoms with Gasteiger partial charge in [-0.3, -0.25) is 9.52 Å². The second-order valence-electron chi connectivity index (χ2n) is 6.45. The van der Waals surface area contributed by atoms with Gasteiger partial charge in [0.2, 0.25) is 15.9 Å². The standard InChI is InChI=1S/C19H21N3O5S/c1-12(23)22-17(14-8-6-10-18(27-2)19(14)24)11-16(20-22)13-7-4-5-9-15(13)21-28(3,25)26/h4-10,17,21,24H,11H2,1-3H3/t17-/m0/s1. The minimum atomic E-state index is -3.48. The molecule has 2 aromatic rings. The Balaban J connectivity index is 2.03. The maximum atomic E-state index is 12.2. The molecule has 0 bridgehead atoms. The van der Waals surface area contributed by atoms with E-state index < -0.39 is 16.1 Å². The van der Waals surface area contributed by atoms with Crippen LogP contribution in [0.25, 0.3) is 0 Å². The van der Waals surface area contributed by atoms with Gasteiger partial charge in [-0.2, -0.15) is 5.10 Å². The fraction of sp³-hybridized carbons (Fsp3) is 0.263. The number of methoxy groups -OCH3 is 1. The topological polar surface area (TPSA) is 108 Å². The SMILES string of the molecule is COc1cccc([C@@H]2CC(c3ccccc3NS(C)(=O)=O)=NN2C(C)=O)c1O. The highest BCUT2D eigenvalue weighted by atomic mass is 32.2. The Hall–Kier alpha value is -3.07. The summed E-state index contributed by atoms with van der Waals surface area (Å²) in [5.74, 6) is -0.0513. The lowest BCUT2D eigenvalue weighted by Gasteiger charge is -2.22. The van der Waals surface area contributed by atoms with Crippen molar-refractivity contribution in [1.29, 1.82) is 0 Å². The van der Waals surface area contributed by atoms with Gasteiger partial charge in [-0.1, -0.05) is 30.3 Å². The molecule has 0 aliphatic carbocycles. The lowest BCUT2D eigenvalue weighted by atomic mass is 9.96. The number of amides is 1. The number of aromatic hydroxyl groups is 1. The number of phenols is 1. The molecule has 0 saturated carbocycles. The van der Waals surface area contributed by atoms with Crippen molar-refractivity contribution in [3.63, 3.8) is 0 Å². The fourth-order valence-electron chi connectivity index (χ4n) is 3.20. The van der Waals surface area contributed by atoms with Gasteiger partial charge in [-0.05, 0) is 12.1 Å². The van der Waals surface area contributed by atoms with Gasteiger partial charge in [0.1, 0.15) is 0 Å². The van der Waals surface area contributed by atoms with Crippen LogP contribution in [0.3, 0.4) is 0 Å². The fourth-order valence-corrected chi connectivity index (χ4v) is 3.78. The number of hydrogen-bond donors (Lipinski definition) is 2. The number of hydrogen-bond acceptors (Lipinski definition) is 6. The van der Waals surface area contributed by atoms with Crippen LogP contribution in [-0.4, -0.2) is 43.5 Å². The summed E-state index contributed by atoms with van der Waals surface area (Å²) in [6.45, 7) is 1.39. The van der Waals surface area contributed by atoms with Crippen LogP contribution in [0.4, 0.5) is 5.69 Å². The second kappa shape index (κ2) is 7.51. The monoisotopic (exact) mass is 403 g/mol. The van der Waals surface area contributed by atoms with Crippen LogP contribution in [0.15, 0.2) is 47.6 Å². The van der Waals surface area contributed by atoms with Crippen molar-refractivity contribution in [3.05, 3.63) is 53.6 Å². The molecule has 2 aromatic carbocycles. The van der Waals surface area contributed by atoms with Crippen LogP contribution >= 0.6 is 0 Å². The number of carbonyl (C=O) groups excluding carboxylic acids is 1. The molecule has 3 rings (SSSR count). The summed E-state index contributed by atoms with van der Waals surface area (Å²) in [7, 11) is -2.03. The number of hydrazone groups is 1. The molecular formula is C19H21N3O5S. The molecule has 9 heteroatoms. The molecule has 28 heavy (non-hydrogen) atoms. The number of nitrogens with one attached hydrogen (secondary N) is 1. The van der Waals surface area contributed by atoms with Crippen molar-refractivity contribution in [3.8, 4) is 11.5 Å². The molecule has 0 saturated heterocycles. The van der Waals surface area contributed by atoms with Crippen LogP contribution in [0.5, 0.6) is 11.5 Å². The van der Waals surface area contributed by atoms with Gasteiger partial charge < -0.3 is 9.84 Å². The molecule has 1 aliphatic heterocycles. The number of ether oxygens (including phenoxy) is 1. The first-order valence-corrected chi connectivity index (χ1v) is 10.4. The summed E-state index contributed by atoms with van der Waals surface area (Å²) < 4.78 is 31.0. The smallest absolute Gasteiger partial charge is 0.240 e. The maximum Gasteiger partial charge on any atom is 0.240 e. The second-order valence-corrected chi connectivity index (χ2v) is 8.20. The van der Waals surface area contributed by atoms with E-state index in [1.807, 2.05) is 0 Å². The van der Waals surface area contributed by atoms with Gasteiger partial charge in [0.25, 0.3) is 0 Å². The van der Waals surface area contributed by atoms with E-state index in [1.54, 1.807) is 42.5 Å². The molecule has 0 fully saturated rings. The predicted molar refractivity (Wildman–Crippen MR) is 106 cm³/mol. The zero-order valence-corrected chi connectivity index (χ0v) is 16.5. The van der Waals surface area contributed by atoms with Crippen molar-refractivity contribution in [2.75, 3.05) is 18.1 Å². The molecule has 1 heterocycles. The molecule has 148 valence electrons. The van der Waals surface area contributed by atoms with Crippen molar-refractivity contribution < 1.29 is 23.1 Å². The number of anilines is 1. The summed E-state index contributed by atoms with van der Waals surface area (Å²) in [5, 5.41) is 16.2. The van der Waals surface area contributed by atoms with Crippen molar-refractivity contribution in [2.45, 2.75) is 19.4 Å². The molecule has 0 spiro atoms. The number of rotatable bonds is 5. The van der Waals surface area contributed by atoms with E-state index in [-0.39, 0.29) is 11.7 Å². The minimum Gasteiger partial charge on any atom is -0.504 e. The van der Waals surface area contributed by atoms with Gasteiger partial charge in [-0.15, -0.1) is 0 Å². The van der Waals surface area contributed by atoms with Crippen LogP contribution in [0.2, 0.25) is 0 Å². The van der Waals surface area contributed by atoms with E-state index in [2.05, 4.69) is 9.82 Å². The average molecular weight is 403 g/mol. The van der Waals surface area contributed by atoms with Gasteiger partial charge in [0.15, 0.2) is 11.5 Å². The number of benzene rings is 2. The van der Waals surface area contributed by atoms with E-state index in [9.17, 15) is 18.3 Å². The molecule has 1 amide bonds. The lowest BCUT2D eigenvalue weighted by Crippen LogP contribution is -2.24. The Morgan fingerprint density at radius 1 is 1.25 bits per heavy atom. The maximum absolute atomic E-state index is 12.2. The van der Waals surface area contributed by atoms with Crippen LogP contribution in [0, 0.1) is 0 Å². The van der Waals surface area contributed by atoms with Crippen LogP contribution in [-0.2, 0) is 14.8 Å². The van der Waals surface area contributed by atoms with Gasteiger partial charge in [0.05, 0.1) is 30.8 Å². The molecule has 1 aliphatic rings. The zero-order valence-electron chi connectivity index (χ0n) is 15.7. The summed E-state index contributed by atoms with van der Waals surface area (Å²) in [5.41, 5.74) is 1.99. The number of para-hydroxylation sites is 2. The van der Waals surface area contributed by atoms with Gasteiger partial charge in [-0.25, -0.2) is 13.4 Å². The Morgan fingerprint density at radius 3 is 2.61 bits per heavy atom. The van der Waals surface area contributed by atoms with Crippen molar-refractivity contribution in [2.24, 2.45) is 5.10 Å². The third-order valence-electron chi connectivity index (χ3n) is 4.38.